The number of H-pyrrole nitrogens is 1. The molecule has 0 aliphatic carbocycles. The van der Waals surface area contributed by atoms with E-state index in [4.69, 9.17) is 4.99 Å². The Bertz CT molecular complexity index is 920. The minimum absolute atomic E-state index is 0.671. The molecule has 0 radical (unpaired) electrons. The predicted octanol–water partition coefficient (Wildman–Crippen LogP) is 3.46. The number of para-hydroxylation sites is 2. The van der Waals surface area contributed by atoms with Gasteiger partial charge in [-0.1, -0.05) is 36.4 Å². The molecule has 3 aromatic rings. The average Bonchev–Trinajstić information content (AvgIpc) is 3.42. The average molecular weight is 405 g/mol. The minimum Gasteiger partial charge on any atom is -0.357 e. The number of nitrogens with zero attached hydrogens (tertiary/aromatic N) is 3. The van der Waals surface area contributed by atoms with Gasteiger partial charge in [0.05, 0.1) is 17.6 Å². The fourth-order valence-electron chi connectivity index (χ4n) is 3.88. The van der Waals surface area contributed by atoms with Crippen molar-refractivity contribution in [3.63, 3.8) is 0 Å². The molecular formula is C24H32N6. The number of guanidine groups is 1. The van der Waals surface area contributed by atoms with Gasteiger partial charge in [0.15, 0.2) is 5.96 Å². The fourth-order valence-corrected chi connectivity index (χ4v) is 3.88. The maximum atomic E-state index is 4.74. The van der Waals surface area contributed by atoms with Crippen molar-refractivity contribution < 1.29 is 0 Å². The van der Waals surface area contributed by atoms with Crippen molar-refractivity contribution in [2.75, 3.05) is 26.2 Å². The molecule has 2 aromatic carbocycles. The van der Waals surface area contributed by atoms with Crippen LogP contribution in [0.4, 0.5) is 0 Å². The number of aromatic nitrogens is 2. The van der Waals surface area contributed by atoms with Crippen LogP contribution in [-0.4, -0.2) is 47.0 Å². The first-order valence-electron chi connectivity index (χ1n) is 11.1. The van der Waals surface area contributed by atoms with Gasteiger partial charge in [0, 0.05) is 26.1 Å². The highest BCUT2D eigenvalue weighted by Crippen LogP contribution is 2.14. The summed E-state index contributed by atoms with van der Waals surface area (Å²) in [5.74, 6) is 1.84. The topological polar surface area (TPSA) is 68.3 Å². The van der Waals surface area contributed by atoms with Crippen LogP contribution in [0.15, 0.2) is 53.5 Å². The monoisotopic (exact) mass is 404 g/mol. The third kappa shape index (κ3) is 5.60. The first-order valence-corrected chi connectivity index (χ1v) is 11.1. The smallest absolute Gasteiger partial charge is 0.191 e. The van der Waals surface area contributed by atoms with Crippen LogP contribution in [-0.2, 0) is 19.5 Å². The highest BCUT2D eigenvalue weighted by Gasteiger charge is 2.11. The van der Waals surface area contributed by atoms with Crippen LogP contribution >= 0.6 is 0 Å². The summed E-state index contributed by atoms with van der Waals surface area (Å²) in [5, 5.41) is 6.74. The molecule has 1 aliphatic heterocycles. The first-order chi connectivity index (χ1) is 14.8. The van der Waals surface area contributed by atoms with Crippen molar-refractivity contribution in [2.45, 2.75) is 39.3 Å². The summed E-state index contributed by atoms with van der Waals surface area (Å²) >= 11 is 0. The highest BCUT2D eigenvalue weighted by molar-refractivity contribution is 5.79. The molecule has 1 aliphatic rings. The molecule has 6 nitrogen and oxygen atoms in total. The van der Waals surface area contributed by atoms with Gasteiger partial charge in [-0.2, -0.15) is 0 Å². The normalized spacial score (nSPS) is 15.0. The number of benzene rings is 2. The predicted molar refractivity (Wildman–Crippen MR) is 124 cm³/mol. The maximum absolute atomic E-state index is 4.74. The van der Waals surface area contributed by atoms with E-state index in [9.17, 15) is 0 Å². The van der Waals surface area contributed by atoms with Crippen LogP contribution in [0.25, 0.3) is 11.0 Å². The van der Waals surface area contributed by atoms with Crippen molar-refractivity contribution in [3.8, 4) is 0 Å². The van der Waals surface area contributed by atoms with Gasteiger partial charge >= 0.3 is 0 Å². The molecule has 0 bridgehead atoms. The lowest BCUT2D eigenvalue weighted by Gasteiger charge is -2.14. The van der Waals surface area contributed by atoms with Crippen molar-refractivity contribution in [1.82, 2.24) is 25.5 Å². The summed E-state index contributed by atoms with van der Waals surface area (Å²) < 4.78 is 0. The van der Waals surface area contributed by atoms with E-state index in [-0.39, 0.29) is 0 Å². The Labute approximate surface area is 178 Å². The summed E-state index contributed by atoms with van der Waals surface area (Å²) in [4.78, 5) is 15.3. The van der Waals surface area contributed by atoms with Crippen LogP contribution in [0.5, 0.6) is 0 Å². The molecule has 30 heavy (non-hydrogen) atoms. The van der Waals surface area contributed by atoms with Gasteiger partial charge in [-0.25, -0.2) is 9.98 Å². The fraction of sp³-hybridized carbons (Fsp3) is 0.417. The van der Waals surface area contributed by atoms with Crippen LogP contribution in [0, 0.1) is 0 Å². The quantitative estimate of drug-likeness (QED) is 0.397. The first kappa shape index (κ1) is 20.4. The van der Waals surface area contributed by atoms with Gasteiger partial charge in [0.1, 0.15) is 5.82 Å². The van der Waals surface area contributed by atoms with Gasteiger partial charge in [0.25, 0.3) is 0 Å². The molecule has 2 heterocycles. The summed E-state index contributed by atoms with van der Waals surface area (Å²) in [5.41, 5.74) is 4.72. The van der Waals surface area contributed by atoms with E-state index in [1.807, 2.05) is 18.2 Å². The van der Waals surface area contributed by atoms with Crippen molar-refractivity contribution in [2.24, 2.45) is 4.99 Å². The third-order valence-corrected chi connectivity index (χ3v) is 5.48. The van der Waals surface area contributed by atoms with E-state index in [2.05, 4.69) is 62.8 Å². The summed E-state index contributed by atoms with van der Waals surface area (Å²) in [7, 11) is 0. The second-order valence-electron chi connectivity index (χ2n) is 7.87. The Hall–Kier alpha value is -2.86. The Morgan fingerprint density at radius 2 is 1.80 bits per heavy atom. The molecule has 0 spiro atoms. The molecule has 1 saturated heterocycles. The lowest BCUT2D eigenvalue weighted by atomic mass is 10.1. The number of aliphatic imine (C=N–C) groups is 1. The lowest BCUT2D eigenvalue weighted by molar-refractivity contribution is 0.331. The number of likely N-dealkylation sites (tertiary alicyclic amines) is 1. The Balaban J connectivity index is 1.28. The van der Waals surface area contributed by atoms with E-state index in [0.717, 1.165) is 48.9 Å². The zero-order valence-corrected chi connectivity index (χ0v) is 17.8. The Morgan fingerprint density at radius 3 is 2.57 bits per heavy atom. The summed E-state index contributed by atoms with van der Waals surface area (Å²) in [6.07, 6.45) is 3.50. The van der Waals surface area contributed by atoms with E-state index in [1.165, 1.54) is 37.1 Å². The number of fused-ring (bicyclic) bond motifs is 1. The molecule has 3 N–H and O–H groups in total. The molecule has 158 valence electrons. The Kier molecular flexibility index (Phi) is 6.98. The molecule has 1 aromatic heterocycles. The maximum Gasteiger partial charge on any atom is 0.191 e. The standard InChI is InChI=1S/C24H32N6/c1-2-25-24(26-14-13-23-28-21-7-3-4-8-22(21)29-23)27-17-19-9-11-20(12-10-19)18-30-15-5-6-16-30/h3-4,7-12H,2,5-6,13-18H2,1H3,(H,28,29)(H2,25,26,27). The van der Waals surface area contributed by atoms with Crippen molar-refractivity contribution in [1.29, 1.82) is 0 Å². The van der Waals surface area contributed by atoms with E-state index in [1.54, 1.807) is 0 Å². The molecule has 0 saturated carbocycles. The van der Waals surface area contributed by atoms with Crippen LogP contribution < -0.4 is 10.6 Å². The molecule has 0 atom stereocenters. The second-order valence-corrected chi connectivity index (χ2v) is 7.87. The van der Waals surface area contributed by atoms with Crippen molar-refractivity contribution >= 4 is 17.0 Å². The van der Waals surface area contributed by atoms with Gasteiger partial charge in [-0.05, 0) is 56.1 Å². The second kappa shape index (κ2) is 10.3. The van der Waals surface area contributed by atoms with Gasteiger partial charge in [0.2, 0.25) is 0 Å². The van der Waals surface area contributed by atoms with Gasteiger partial charge in [-0.15, -0.1) is 0 Å². The highest BCUT2D eigenvalue weighted by atomic mass is 15.2. The minimum atomic E-state index is 0.671. The third-order valence-electron chi connectivity index (χ3n) is 5.48. The number of aromatic amines is 1. The molecule has 6 heteroatoms. The molecular weight excluding hydrogens is 372 g/mol. The van der Waals surface area contributed by atoms with Crippen LogP contribution in [0.3, 0.4) is 0 Å². The Morgan fingerprint density at radius 1 is 1.03 bits per heavy atom. The SMILES string of the molecule is CCNC(=NCc1ccc(CN2CCCC2)cc1)NCCc1nc2ccccc2[nH]1. The number of hydrogen-bond donors (Lipinski definition) is 3. The summed E-state index contributed by atoms with van der Waals surface area (Å²) in [6.45, 7) is 7.91. The number of nitrogens with one attached hydrogen (secondary N) is 3. The van der Waals surface area contributed by atoms with E-state index in [0.29, 0.717) is 6.54 Å². The number of imidazole rings is 1. The number of rotatable bonds is 8. The summed E-state index contributed by atoms with van der Waals surface area (Å²) in [6, 6.07) is 17.0. The zero-order chi connectivity index (χ0) is 20.6. The van der Waals surface area contributed by atoms with Crippen LogP contribution in [0.1, 0.15) is 36.7 Å². The van der Waals surface area contributed by atoms with Crippen LogP contribution in [0.2, 0.25) is 0 Å². The van der Waals surface area contributed by atoms with Crippen molar-refractivity contribution in [3.05, 3.63) is 65.5 Å². The van der Waals surface area contributed by atoms with E-state index < -0.39 is 0 Å². The van der Waals surface area contributed by atoms with Gasteiger partial charge in [-0.3, -0.25) is 4.90 Å². The van der Waals surface area contributed by atoms with E-state index >= 15 is 0 Å². The molecule has 0 amide bonds. The number of hydrogen-bond acceptors (Lipinski definition) is 3. The molecule has 1 fully saturated rings. The largest absolute Gasteiger partial charge is 0.357 e. The molecule has 4 rings (SSSR count). The zero-order valence-electron chi connectivity index (χ0n) is 17.8. The molecule has 0 unspecified atom stereocenters. The van der Waals surface area contributed by atoms with Gasteiger partial charge < -0.3 is 15.6 Å². The lowest BCUT2D eigenvalue weighted by Crippen LogP contribution is -2.38.